The standard InChI is InChI=1S/C29H33NO/c1-18-14-20(3)27(21(4)15-18)25-12-13-26(28-22(5)16-19(2)17-23(28)6)30(25)29(31)24-10-8-7-9-11-24/h7-11,14-17,25-26H,12-13H2,1-6H3/t25-,26-/m0/s1. The van der Waals surface area contributed by atoms with E-state index in [1.54, 1.807) is 0 Å². The van der Waals surface area contributed by atoms with Gasteiger partial charge in [-0.25, -0.2) is 0 Å². The highest BCUT2D eigenvalue weighted by atomic mass is 16.2. The van der Waals surface area contributed by atoms with Crippen LogP contribution in [0.5, 0.6) is 0 Å². The number of nitrogens with zero attached hydrogens (tertiary/aromatic N) is 1. The first-order valence-corrected chi connectivity index (χ1v) is 11.3. The monoisotopic (exact) mass is 411 g/mol. The highest BCUT2D eigenvalue weighted by Gasteiger charge is 2.41. The van der Waals surface area contributed by atoms with Gasteiger partial charge < -0.3 is 4.90 Å². The smallest absolute Gasteiger partial charge is 0.254 e. The topological polar surface area (TPSA) is 20.3 Å². The van der Waals surface area contributed by atoms with Crippen LogP contribution in [0.4, 0.5) is 0 Å². The fraction of sp³-hybridized carbons (Fsp3) is 0.345. The van der Waals surface area contributed by atoms with Gasteiger partial charge >= 0.3 is 0 Å². The number of carbonyl (C=O) groups is 1. The Kier molecular flexibility index (Phi) is 5.75. The van der Waals surface area contributed by atoms with E-state index < -0.39 is 0 Å². The summed E-state index contributed by atoms with van der Waals surface area (Å²) >= 11 is 0. The van der Waals surface area contributed by atoms with Gasteiger partial charge in [-0.1, -0.05) is 53.6 Å². The van der Waals surface area contributed by atoms with Crippen LogP contribution in [-0.2, 0) is 0 Å². The zero-order valence-electron chi connectivity index (χ0n) is 19.6. The molecule has 0 spiro atoms. The molecule has 0 unspecified atom stereocenters. The van der Waals surface area contributed by atoms with E-state index in [9.17, 15) is 4.79 Å². The van der Waals surface area contributed by atoms with Gasteiger partial charge in [-0.05, 0) is 99.9 Å². The van der Waals surface area contributed by atoms with Crippen LogP contribution in [0.2, 0.25) is 0 Å². The number of benzene rings is 3. The fourth-order valence-corrected chi connectivity index (χ4v) is 5.82. The molecule has 0 bridgehead atoms. The largest absolute Gasteiger partial charge is 0.325 e. The maximum absolute atomic E-state index is 13.9. The molecule has 1 amide bonds. The maximum atomic E-state index is 13.9. The summed E-state index contributed by atoms with van der Waals surface area (Å²) in [6, 6.07) is 19.0. The minimum Gasteiger partial charge on any atom is -0.325 e. The highest BCUT2D eigenvalue weighted by Crippen LogP contribution is 2.48. The van der Waals surface area contributed by atoms with Crippen molar-refractivity contribution >= 4 is 5.91 Å². The molecule has 0 radical (unpaired) electrons. The van der Waals surface area contributed by atoms with E-state index in [0.717, 1.165) is 18.4 Å². The number of rotatable bonds is 3. The maximum Gasteiger partial charge on any atom is 0.254 e. The normalized spacial score (nSPS) is 18.5. The first kappa shape index (κ1) is 21.4. The summed E-state index contributed by atoms with van der Waals surface area (Å²) in [6.45, 7) is 13.1. The lowest BCUT2D eigenvalue weighted by molar-refractivity contribution is 0.0662. The van der Waals surface area contributed by atoms with Crippen molar-refractivity contribution in [3.63, 3.8) is 0 Å². The molecule has 160 valence electrons. The molecule has 4 rings (SSSR count). The lowest BCUT2D eigenvalue weighted by atomic mass is 9.92. The molecule has 3 aromatic rings. The second kappa shape index (κ2) is 8.34. The number of amides is 1. The van der Waals surface area contributed by atoms with Crippen molar-refractivity contribution in [2.24, 2.45) is 0 Å². The van der Waals surface area contributed by atoms with Gasteiger partial charge in [-0.3, -0.25) is 4.79 Å². The van der Waals surface area contributed by atoms with Gasteiger partial charge in [0, 0.05) is 5.56 Å². The number of likely N-dealkylation sites (tertiary alicyclic amines) is 1. The van der Waals surface area contributed by atoms with E-state index in [0.29, 0.717) is 0 Å². The first-order chi connectivity index (χ1) is 14.8. The summed E-state index contributed by atoms with van der Waals surface area (Å²) in [5.41, 5.74) is 11.1. The third-order valence-corrected chi connectivity index (χ3v) is 6.78. The van der Waals surface area contributed by atoms with Crippen LogP contribution in [0.1, 0.15) is 79.8 Å². The summed E-state index contributed by atoms with van der Waals surface area (Å²) in [4.78, 5) is 16.1. The lowest BCUT2D eigenvalue weighted by Crippen LogP contribution is -2.34. The molecule has 1 aliphatic heterocycles. The Balaban J connectivity index is 1.87. The Morgan fingerprint density at radius 2 is 1.06 bits per heavy atom. The molecule has 2 atom stereocenters. The number of aryl methyl sites for hydroxylation is 6. The van der Waals surface area contributed by atoms with Gasteiger partial charge in [-0.15, -0.1) is 0 Å². The van der Waals surface area contributed by atoms with Gasteiger partial charge in [0.05, 0.1) is 12.1 Å². The second-order valence-electron chi connectivity index (χ2n) is 9.31. The molecule has 31 heavy (non-hydrogen) atoms. The zero-order valence-corrected chi connectivity index (χ0v) is 19.6. The minimum atomic E-state index is 0.0957. The van der Waals surface area contributed by atoms with Crippen molar-refractivity contribution in [2.45, 2.75) is 66.5 Å². The van der Waals surface area contributed by atoms with Crippen molar-refractivity contribution in [3.8, 4) is 0 Å². The van der Waals surface area contributed by atoms with Crippen LogP contribution in [0.15, 0.2) is 54.6 Å². The molecule has 1 aliphatic rings. The van der Waals surface area contributed by atoms with E-state index in [2.05, 4.69) is 70.7 Å². The van der Waals surface area contributed by atoms with Crippen molar-refractivity contribution in [1.82, 2.24) is 4.90 Å². The van der Waals surface area contributed by atoms with E-state index >= 15 is 0 Å². The third-order valence-electron chi connectivity index (χ3n) is 6.78. The Morgan fingerprint density at radius 3 is 1.45 bits per heavy atom. The Hall–Kier alpha value is -2.87. The Labute approximate surface area is 186 Å². The second-order valence-corrected chi connectivity index (χ2v) is 9.31. The van der Waals surface area contributed by atoms with E-state index in [-0.39, 0.29) is 18.0 Å². The number of hydrogen-bond donors (Lipinski definition) is 0. The predicted octanol–water partition coefficient (Wildman–Crippen LogP) is 7.26. The average molecular weight is 412 g/mol. The molecule has 2 heteroatoms. The van der Waals surface area contributed by atoms with Crippen LogP contribution >= 0.6 is 0 Å². The Bertz CT molecular complexity index is 1020. The van der Waals surface area contributed by atoms with Crippen molar-refractivity contribution < 1.29 is 4.79 Å². The zero-order chi connectivity index (χ0) is 22.3. The molecule has 1 heterocycles. The van der Waals surface area contributed by atoms with Gasteiger partial charge in [-0.2, -0.15) is 0 Å². The van der Waals surface area contributed by atoms with E-state index in [4.69, 9.17) is 0 Å². The lowest BCUT2D eigenvalue weighted by Gasteiger charge is -2.34. The first-order valence-electron chi connectivity index (χ1n) is 11.3. The third kappa shape index (κ3) is 3.92. The number of hydrogen-bond acceptors (Lipinski definition) is 1. The quantitative estimate of drug-likeness (QED) is 0.444. The van der Waals surface area contributed by atoms with Crippen LogP contribution in [0.3, 0.4) is 0 Å². The van der Waals surface area contributed by atoms with Crippen LogP contribution in [0, 0.1) is 41.5 Å². The molecule has 1 saturated heterocycles. The van der Waals surface area contributed by atoms with Gasteiger partial charge in [0.2, 0.25) is 0 Å². The molecule has 0 aliphatic carbocycles. The van der Waals surface area contributed by atoms with Crippen molar-refractivity contribution in [2.75, 3.05) is 0 Å². The minimum absolute atomic E-state index is 0.0957. The highest BCUT2D eigenvalue weighted by molar-refractivity contribution is 5.95. The van der Waals surface area contributed by atoms with Crippen molar-refractivity contribution in [1.29, 1.82) is 0 Å². The summed E-state index contributed by atoms with van der Waals surface area (Å²) < 4.78 is 0. The molecule has 0 aromatic heterocycles. The Morgan fingerprint density at radius 1 is 0.677 bits per heavy atom. The molecule has 0 saturated carbocycles. The van der Waals surface area contributed by atoms with Gasteiger partial charge in [0.15, 0.2) is 0 Å². The van der Waals surface area contributed by atoms with Crippen LogP contribution in [-0.4, -0.2) is 10.8 Å². The molecule has 1 fully saturated rings. The summed E-state index contributed by atoms with van der Waals surface area (Å²) in [6.07, 6.45) is 1.97. The van der Waals surface area contributed by atoms with E-state index in [1.165, 1.54) is 44.5 Å². The molecule has 2 nitrogen and oxygen atoms in total. The predicted molar refractivity (Wildman–Crippen MR) is 129 cm³/mol. The molecular weight excluding hydrogens is 378 g/mol. The molecule has 3 aromatic carbocycles. The SMILES string of the molecule is Cc1cc(C)c([C@@H]2CC[C@@H](c3c(C)cc(C)cc3C)N2C(=O)c2ccccc2)c(C)c1. The fourth-order valence-electron chi connectivity index (χ4n) is 5.82. The summed E-state index contributed by atoms with van der Waals surface area (Å²) in [5, 5.41) is 0. The number of carbonyl (C=O) groups excluding carboxylic acids is 1. The summed E-state index contributed by atoms with van der Waals surface area (Å²) in [5.74, 6) is 0.131. The van der Waals surface area contributed by atoms with Crippen LogP contribution < -0.4 is 0 Å². The van der Waals surface area contributed by atoms with Gasteiger partial charge in [0.25, 0.3) is 5.91 Å². The molecular formula is C29H33NO. The average Bonchev–Trinajstić information content (AvgIpc) is 3.10. The van der Waals surface area contributed by atoms with Crippen molar-refractivity contribution in [3.05, 3.63) is 105 Å². The van der Waals surface area contributed by atoms with Gasteiger partial charge in [0.1, 0.15) is 0 Å². The molecule has 0 N–H and O–H groups in total. The van der Waals surface area contributed by atoms with E-state index in [1.807, 2.05) is 30.3 Å². The summed E-state index contributed by atoms with van der Waals surface area (Å²) in [7, 11) is 0. The van der Waals surface area contributed by atoms with Crippen LogP contribution in [0.25, 0.3) is 0 Å².